The van der Waals surface area contributed by atoms with Gasteiger partial charge in [-0.2, -0.15) is 0 Å². The zero-order chi connectivity index (χ0) is 13.3. The smallest absolute Gasteiger partial charge is 0.126 e. The molecule has 2 aromatic rings. The first kappa shape index (κ1) is 14.2. The minimum absolute atomic E-state index is 0.0422. The second-order valence-electron chi connectivity index (χ2n) is 4.04. The molecule has 18 heavy (non-hydrogen) atoms. The first-order valence-corrected chi connectivity index (χ1v) is 7.84. The number of halogens is 4. The lowest BCUT2D eigenvalue weighted by molar-refractivity contribution is 0.616. The van der Waals surface area contributed by atoms with E-state index in [9.17, 15) is 4.39 Å². The molecule has 0 heterocycles. The van der Waals surface area contributed by atoms with E-state index in [0.29, 0.717) is 5.56 Å². The van der Waals surface area contributed by atoms with Gasteiger partial charge < -0.3 is 0 Å². The number of benzene rings is 2. The van der Waals surface area contributed by atoms with Crippen molar-refractivity contribution in [3.63, 3.8) is 0 Å². The first-order valence-electron chi connectivity index (χ1n) is 5.34. The van der Waals surface area contributed by atoms with Crippen LogP contribution in [0.1, 0.15) is 21.5 Å². The molecular formula is C14H10Br3F. The highest BCUT2D eigenvalue weighted by molar-refractivity contribution is 9.11. The molecule has 0 spiro atoms. The minimum Gasteiger partial charge on any atom is -0.207 e. The summed E-state index contributed by atoms with van der Waals surface area (Å²) in [7, 11) is 0. The lowest BCUT2D eigenvalue weighted by atomic mass is 10.0. The van der Waals surface area contributed by atoms with Crippen molar-refractivity contribution in [3.8, 4) is 0 Å². The highest BCUT2D eigenvalue weighted by Gasteiger charge is 2.15. The molecule has 0 amide bonds. The second kappa shape index (κ2) is 5.85. The van der Waals surface area contributed by atoms with Crippen molar-refractivity contribution in [2.24, 2.45) is 0 Å². The minimum atomic E-state index is -0.178. The van der Waals surface area contributed by atoms with Crippen molar-refractivity contribution >= 4 is 47.8 Å². The molecule has 0 aliphatic heterocycles. The molecule has 0 aliphatic rings. The fourth-order valence-electron chi connectivity index (χ4n) is 1.66. The maximum atomic E-state index is 13.6. The van der Waals surface area contributed by atoms with Crippen LogP contribution in [0.5, 0.6) is 0 Å². The molecule has 0 saturated heterocycles. The van der Waals surface area contributed by atoms with Gasteiger partial charge in [-0.15, -0.1) is 0 Å². The Morgan fingerprint density at radius 3 is 2.44 bits per heavy atom. The molecule has 0 fully saturated rings. The Morgan fingerprint density at radius 2 is 1.78 bits per heavy atom. The van der Waals surface area contributed by atoms with E-state index in [1.807, 2.05) is 24.3 Å². The number of alkyl halides is 1. The van der Waals surface area contributed by atoms with Crippen LogP contribution in [0.4, 0.5) is 4.39 Å². The Bertz CT molecular complexity index is 581. The van der Waals surface area contributed by atoms with Crippen LogP contribution in [0.15, 0.2) is 45.3 Å². The summed E-state index contributed by atoms with van der Waals surface area (Å²) >= 11 is 10.6. The summed E-state index contributed by atoms with van der Waals surface area (Å²) in [5.74, 6) is -0.178. The van der Waals surface area contributed by atoms with Gasteiger partial charge in [-0.3, -0.25) is 0 Å². The van der Waals surface area contributed by atoms with Gasteiger partial charge >= 0.3 is 0 Å². The van der Waals surface area contributed by atoms with Gasteiger partial charge in [-0.1, -0.05) is 59.9 Å². The van der Waals surface area contributed by atoms with Gasteiger partial charge in [0.05, 0.1) is 4.83 Å². The van der Waals surface area contributed by atoms with Crippen LogP contribution in [0.2, 0.25) is 0 Å². The van der Waals surface area contributed by atoms with Gasteiger partial charge in [-0.05, 0) is 47.9 Å². The van der Waals surface area contributed by atoms with E-state index >= 15 is 0 Å². The molecular weight excluding hydrogens is 427 g/mol. The molecule has 1 unspecified atom stereocenters. The van der Waals surface area contributed by atoms with Crippen molar-refractivity contribution in [1.82, 2.24) is 0 Å². The third kappa shape index (κ3) is 3.03. The third-order valence-corrected chi connectivity index (χ3v) is 4.96. The Morgan fingerprint density at radius 1 is 1.06 bits per heavy atom. The second-order valence-corrected chi connectivity index (χ2v) is 6.72. The summed E-state index contributed by atoms with van der Waals surface area (Å²) < 4.78 is 15.6. The average molecular weight is 437 g/mol. The molecule has 0 radical (unpaired) electrons. The SMILES string of the molecule is Cc1ccc(C(Br)c2cc(Br)ccc2Br)cc1F. The van der Waals surface area contributed by atoms with Crippen LogP contribution in [-0.2, 0) is 0 Å². The van der Waals surface area contributed by atoms with E-state index in [1.54, 1.807) is 19.1 Å². The Hall–Kier alpha value is -0.190. The molecule has 4 heteroatoms. The van der Waals surface area contributed by atoms with Crippen LogP contribution < -0.4 is 0 Å². The molecule has 0 bridgehead atoms. The van der Waals surface area contributed by atoms with E-state index in [0.717, 1.165) is 20.1 Å². The Balaban J connectivity index is 2.44. The van der Waals surface area contributed by atoms with Crippen molar-refractivity contribution in [3.05, 3.63) is 67.9 Å². The maximum Gasteiger partial charge on any atom is 0.126 e. The summed E-state index contributed by atoms with van der Waals surface area (Å²) in [4.78, 5) is -0.0422. The van der Waals surface area contributed by atoms with Crippen LogP contribution in [0, 0.1) is 12.7 Å². The highest BCUT2D eigenvalue weighted by atomic mass is 79.9. The largest absolute Gasteiger partial charge is 0.207 e. The fraction of sp³-hybridized carbons (Fsp3) is 0.143. The zero-order valence-electron chi connectivity index (χ0n) is 9.55. The van der Waals surface area contributed by atoms with E-state index in [4.69, 9.17) is 0 Å². The molecule has 0 aliphatic carbocycles. The lowest BCUT2D eigenvalue weighted by Crippen LogP contribution is -1.96. The third-order valence-electron chi connectivity index (χ3n) is 2.72. The predicted molar refractivity (Wildman–Crippen MR) is 83.7 cm³/mol. The topological polar surface area (TPSA) is 0 Å². The van der Waals surface area contributed by atoms with Gasteiger partial charge in [0.25, 0.3) is 0 Å². The van der Waals surface area contributed by atoms with E-state index in [-0.39, 0.29) is 10.6 Å². The molecule has 0 aromatic heterocycles. The number of aryl methyl sites for hydroxylation is 1. The summed E-state index contributed by atoms with van der Waals surface area (Å²) in [5, 5.41) is 0. The standard InChI is InChI=1S/C14H10Br3F/c1-8-2-3-9(6-13(8)18)14(17)11-7-10(15)4-5-12(11)16/h2-7,14H,1H3. The van der Waals surface area contributed by atoms with Crippen LogP contribution >= 0.6 is 47.8 Å². The van der Waals surface area contributed by atoms with Crippen molar-refractivity contribution < 1.29 is 4.39 Å². The molecule has 94 valence electrons. The van der Waals surface area contributed by atoms with Gasteiger partial charge in [0, 0.05) is 8.95 Å². The molecule has 2 aromatic carbocycles. The highest BCUT2D eigenvalue weighted by Crippen LogP contribution is 2.37. The van der Waals surface area contributed by atoms with Gasteiger partial charge in [0.2, 0.25) is 0 Å². The van der Waals surface area contributed by atoms with Crippen LogP contribution in [-0.4, -0.2) is 0 Å². The summed E-state index contributed by atoms with van der Waals surface area (Å²) in [5.41, 5.74) is 2.62. The average Bonchev–Trinajstić information content (AvgIpc) is 2.35. The van der Waals surface area contributed by atoms with Crippen molar-refractivity contribution in [2.45, 2.75) is 11.8 Å². The van der Waals surface area contributed by atoms with Gasteiger partial charge in [0.1, 0.15) is 5.82 Å². The predicted octanol–water partition coefficient (Wildman–Crippen LogP) is 6.14. The molecule has 1 atom stereocenters. The van der Waals surface area contributed by atoms with Crippen molar-refractivity contribution in [1.29, 1.82) is 0 Å². The summed E-state index contributed by atoms with van der Waals surface area (Å²) in [6.45, 7) is 1.76. The molecule has 0 saturated carbocycles. The van der Waals surface area contributed by atoms with Crippen LogP contribution in [0.3, 0.4) is 0 Å². The van der Waals surface area contributed by atoms with Gasteiger partial charge in [-0.25, -0.2) is 4.39 Å². The Kier molecular flexibility index (Phi) is 4.62. The zero-order valence-corrected chi connectivity index (χ0v) is 14.3. The number of rotatable bonds is 2. The number of hydrogen-bond donors (Lipinski definition) is 0. The Labute approximate surface area is 131 Å². The quantitative estimate of drug-likeness (QED) is 0.496. The van der Waals surface area contributed by atoms with Crippen LogP contribution in [0.25, 0.3) is 0 Å². The van der Waals surface area contributed by atoms with E-state index < -0.39 is 0 Å². The normalized spacial score (nSPS) is 12.5. The molecule has 0 nitrogen and oxygen atoms in total. The van der Waals surface area contributed by atoms with E-state index in [1.165, 1.54) is 0 Å². The molecule has 0 N–H and O–H groups in total. The van der Waals surface area contributed by atoms with E-state index in [2.05, 4.69) is 47.8 Å². The van der Waals surface area contributed by atoms with Crippen molar-refractivity contribution in [2.75, 3.05) is 0 Å². The summed E-state index contributed by atoms with van der Waals surface area (Å²) in [6, 6.07) is 11.3. The summed E-state index contributed by atoms with van der Waals surface area (Å²) in [6.07, 6.45) is 0. The monoisotopic (exact) mass is 434 g/mol. The molecule has 2 rings (SSSR count). The van der Waals surface area contributed by atoms with Gasteiger partial charge in [0.15, 0.2) is 0 Å². The maximum absolute atomic E-state index is 13.6. The lowest BCUT2D eigenvalue weighted by Gasteiger charge is -2.14. The fourth-order valence-corrected chi connectivity index (χ4v) is 3.48. The first-order chi connectivity index (χ1) is 8.49. The number of hydrogen-bond acceptors (Lipinski definition) is 0.